The quantitative estimate of drug-likeness (QED) is 0.372. The lowest BCUT2D eigenvalue weighted by molar-refractivity contribution is -0.384. The normalized spacial score (nSPS) is 16.9. The highest BCUT2D eigenvalue weighted by Crippen LogP contribution is 2.35. The number of nitrogens with zero attached hydrogens (tertiary/aromatic N) is 4. The van der Waals surface area contributed by atoms with E-state index in [1.165, 1.54) is 40.2 Å². The van der Waals surface area contributed by atoms with Crippen LogP contribution in [0.3, 0.4) is 0 Å². The van der Waals surface area contributed by atoms with E-state index in [1.807, 2.05) is 0 Å². The third-order valence-corrected chi connectivity index (χ3v) is 6.67. The van der Waals surface area contributed by atoms with Gasteiger partial charge in [-0.1, -0.05) is 19.1 Å². The summed E-state index contributed by atoms with van der Waals surface area (Å²) in [5.41, 5.74) is 3.65. The second-order valence-electron chi connectivity index (χ2n) is 7.75. The monoisotopic (exact) mass is 439 g/mol. The fraction of sp³-hybridized carbons (Fsp3) is 0.333. The van der Waals surface area contributed by atoms with Crippen LogP contribution in [0.2, 0.25) is 0 Å². The Labute approximate surface area is 181 Å². The number of nitro benzene ring substituents is 1. The molecule has 0 fully saturated rings. The van der Waals surface area contributed by atoms with Crippen LogP contribution < -0.4 is 11.0 Å². The molecule has 1 N–H and O–H groups in total. The Kier molecular flexibility index (Phi) is 5.64. The fourth-order valence-corrected chi connectivity index (χ4v) is 5.07. The van der Waals surface area contributed by atoms with Crippen molar-refractivity contribution in [2.24, 2.45) is 11.0 Å². The topological polar surface area (TPSA) is 119 Å². The Morgan fingerprint density at radius 3 is 3.06 bits per heavy atom. The first-order valence-electron chi connectivity index (χ1n) is 9.94. The molecule has 3 aromatic rings. The third-order valence-electron chi connectivity index (χ3n) is 5.51. The number of amides is 1. The summed E-state index contributed by atoms with van der Waals surface area (Å²) >= 11 is 1.56. The van der Waals surface area contributed by atoms with Crippen LogP contribution in [0.4, 0.5) is 5.69 Å². The number of benzene rings is 1. The zero-order valence-corrected chi connectivity index (χ0v) is 17.9. The van der Waals surface area contributed by atoms with Gasteiger partial charge in [-0.3, -0.25) is 24.3 Å². The molecule has 2 heterocycles. The molecule has 0 unspecified atom stereocenters. The minimum Gasteiger partial charge on any atom is -0.286 e. The van der Waals surface area contributed by atoms with Gasteiger partial charge in [-0.25, -0.2) is 10.4 Å². The average molecular weight is 439 g/mol. The molecule has 0 bridgehead atoms. The molecule has 160 valence electrons. The Bertz CT molecular complexity index is 1260. The first-order valence-corrected chi connectivity index (χ1v) is 10.8. The van der Waals surface area contributed by atoms with Gasteiger partial charge in [-0.05, 0) is 37.7 Å². The Morgan fingerprint density at radius 1 is 1.48 bits per heavy atom. The number of hydrogen-bond acceptors (Lipinski definition) is 7. The lowest BCUT2D eigenvalue weighted by Crippen LogP contribution is -2.34. The molecule has 10 heteroatoms. The smallest absolute Gasteiger partial charge is 0.270 e. The number of aromatic nitrogens is 2. The number of carbonyl (C=O) groups is 1. The number of rotatable bonds is 5. The summed E-state index contributed by atoms with van der Waals surface area (Å²) in [5, 5.41) is 15.3. The maximum Gasteiger partial charge on any atom is 0.270 e. The number of aryl methyl sites for hydroxylation is 1. The van der Waals surface area contributed by atoms with E-state index in [1.54, 1.807) is 24.3 Å². The summed E-state index contributed by atoms with van der Waals surface area (Å²) in [4.78, 5) is 42.4. The van der Waals surface area contributed by atoms with E-state index in [0.717, 1.165) is 29.7 Å². The molecule has 0 saturated carbocycles. The average Bonchev–Trinajstić information content (AvgIpc) is 3.12. The highest BCUT2D eigenvalue weighted by atomic mass is 32.1. The molecule has 31 heavy (non-hydrogen) atoms. The summed E-state index contributed by atoms with van der Waals surface area (Å²) in [7, 11) is 0. The van der Waals surface area contributed by atoms with Gasteiger partial charge in [0.15, 0.2) is 0 Å². The van der Waals surface area contributed by atoms with E-state index in [-0.39, 0.29) is 11.2 Å². The first kappa shape index (κ1) is 20.9. The van der Waals surface area contributed by atoms with Crippen molar-refractivity contribution in [1.29, 1.82) is 0 Å². The molecule has 4 rings (SSSR count). The van der Waals surface area contributed by atoms with Crippen LogP contribution in [0.15, 0.2) is 40.5 Å². The third kappa shape index (κ3) is 4.11. The number of carbonyl (C=O) groups excluding carboxylic acids is 1. The zero-order chi connectivity index (χ0) is 22.1. The lowest BCUT2D eigenvalue weighted by atomic mass is 9.89. The van der Waals surface area contributed by atoms with Crippen LogP contribution in [0, 0.1) is 16.0 Å². The second-order valence-corrected chi connectivity index (χ2v) is 8.83. The molecule has 0 radical (unpaired) electrons. The van der Waals surface area contributed by atoms with Crippen LogP contribution in [0.25, 0.3) is 10.2 Å². The Balaban J connectivity index is 1.54. The maximum atomic E-state index is 13.1. The Hall–Kier alpha value is -3.40. The molecular formula is C21H21N5O4S. The van der Waals surface area contributed by atoms with Gasteiger partial charge < -0.3 is 0 Å². The maximum absolute atomic E-state index is 13.1. The van der Waals surface area contributed by atoms with Gasteiger partial charge in [0.2, 0.25) is 0 Å². The van der Waals surface area contributed by atoms with Crippen molar-refractivity contribution < 1.29 is 9.72 Å². The van der Waals surface area contributed by atoms with Crippen molar-refractivity contribution >= 4 is 39.4 Å². The number of fused-ring (bicyclic) bond motifs is 3. The molecule has 0 aliphatic heterocycles. The summed E-state index contributed by atoms with van der Waals surface area (Å²) in [6, 6.07) is 5.07. The van der Waals surface area contributed by atoms with Crippen LogP contribution in [-0.2, 0) is 17.6 Å². The highest BCUT2D eigenvalue weighted by molar-refractivity contribution is 7.18. The van der Waals surface area contributed by atoms with Crippen molar-refractivity contribution in [3.05, 3.63) is 67.1 Å². The zero-order valence-electron chi connectivity index (χ0n) is 17.1. The molecule has 1 aliphatic rings. The minimum atomic E-state index is -0.815. The van der Waals surface area contributed by atoms with Crippen LogP contribution in [-0.4, -0.2) is 26.6 Å². The van der Waals surface area contributed by atoms with E-state index in [0.29, 0.717) is 16.9 Å². The van der Waals surface area contributed by atoms with Crippen LogP contribution in [0.5, 0.6) is 0 Å². The van der Waals surface area contributed by atoms with Crippen molar-refractivity contribution in [3.63, 3.8) is 0 Å². The Morgan fingerprint density at radius 2 is 2.29 bits per heavy atom. The van der Waals surface area contributed by atoms with Crippen molar-refractivity contribution in [2.75, 3.05) is 0 Å². The van der Waals surface area contributed by atoms with Gasteiger partial charge in [0.25, 0.3) is 17.2 Å². The number of hydrogen-bond donors (Lipinski definition) is 1. The molecule has 9 nitrogen and oxygen atoms in total. The predicted molar refractivity (Wildman–Crippen MR) is 119 cm³/mol. The van der Waals surface area contributed by atoms with Gasteiger partial charge in [0.05, 0.1) is 22.9 Å². The lowest BCUT2D eigenvalue weighted by Gasteiger charge is -2.18. The van der Waals surface area contributed by atoms with Crippen molar-refractivity contribution in [1.82, 2.24) is 15.0 Å². The van der Waals surface area contributed by atoms with E-state index < -0.39 is 16.9 Å². The minimum absolute atomic E-state index is 0.0666. The van der Waals surface area contributed by atoms with E-state index in [9.17, 15) is 19.7 Å². The summed E-state index contributed by atoms with van der Waals surface area (Å²) in [6.07, 6.45) is 5.57. The predicted octanol–water partition coefficient (Wildman–Crippen LogP) is 3.20. The highest BCUT2D eigenvalue weighted by Gasteiger charge is 2.25. The van der Waals surface area contributed by atoms with E-state index in [2.05, 4.69) is 22.4 Å². The number of nitro groups is 1. The SMILES string of the molecule is C[C@@H]1CCc2c(sc3ncn([C@H](C)C(=O)N/N=C\c4cccc([N+](=O)[O-])c4)c(=O)c23)C1. The summed E-state index contributed by atoms with van der Waals surface area (Å²) in [5.74, 6) is 0.110. The number of hydrazone groups is 1. The number of thiophene rings is 1. The van der Waals surface area contributed by atoms with Crippen molar-refractivity contribution in [3.8, 4) is 0 Å². The fourth-order valence-electron chi connectivity index (χ4n) is 3.73. The van der Waals surface area contributed by atoms with Gasteiger partial charge in [-0.2, -0.15) is 5.10 Å². The van der Waals surface area contributed by atoms with Gasteiger partial charge in [-0.15, -0.1) is 11.3 Å². The van der Waals surface area contributed by atoms with Gasteiger partial charge >= 0.3 is 0 Å². The molecule has 1 amide bonds. The molecule has 2 atom stereocenters. The molecule has 2 aromatic heterocycles. The first-order chi connectivity index (χ1) is 14.8. The summed E-state index contributed by atoms with van der Waals surface area (Å²) in [6.45, 7) is 3.81. The molecule has 1 aliphatic carbocycles. The van der Waals surface area contributed by atoms with Crippen LogP contribution >= 0.6 is 11.3 Å². The molecule has 0 spiro atoms. The molecule has 1 aromatic carbocycles. The number of nitrogens with one attached hydrogen (secondary N) is 1. The summed E-state index contributed by atoms with van der Waals surface area (Å²) < 4.78 is 1.32. The number of non-ortho nitro benzene ring substituents is 1. The van der Waals surface area contributed by atoms with Gasteiger partial charge in [0, 0.05) is 22.6 Å². The molecule has 0 saturated heterocycles. The second kappa shape index (κ2) is 8.38. The van der Waals surface area contributed by atoms with Gasteiger partial charge in [0.1, 0.15) is 10.9 Å². The molecular weight excluding hydrogens is 418 g/mol. The van der Waals surface area contributed by atoms with E-state index in [4.69, 9.17) is 0 Å². The standard InChI is InChI=1S/C21H21N5O4S/c1-12-6-7-16-17(8-12)31-20-18(16)21(28)25(11-22-20)13(2)19(27)24-23-10-14-4-3-5-15(9-14)26(29)30/h3-5,9-13H,6-8H2,1-2H3,(H,24,27)/b23-10-/t12-,13-/m1/s1. The van der Waals surface area contributed by atoms with Crippen LogP contribution in [0.1, 0.15) is 42.3 Å². The largest absolute Gasteiger partial charge is 0.286 e. The van der Waals surface area contributed by atoms with E-state index >= 15 is 0 Å². The van der Waals surface area contributed by atoms with Crippen molar-refractivity contribution in [2.45, 2.75) is 39.2 Å².